The van der Waals surface area contributed by atoms with Crippen LogP contribution in [0.1, 0.15) is 30.6 Å². The van der Waals surface area contributed by atoms with Crippen molar-refractivity contribution in [1.29, 1.82) is 0 Å². The van der Waals surface area contributed by atoms with Crippen LogP contribution in [0.15, 0.2) is 18.2 Å². The molecule has 0 spiro atoms. The summed E-state index contributed by atoms with van der Waals surface area (Å²) in [6.07, 6.45) is 0.957. The Morgan fingerprint density at radius 1 is 1.27 bits per heavy atom. The van der Waals surface area contributed by atoms with Crippen molar-refractivity contribution >= 4 is 18.3 Å². The zero-order valence-corrected chi connectivity index (χ0v) is 16.9. The van der Waals surface area contributed by atoms with Gasteiger partial charge in [0.05, 0.1) is 13.7 Å². The van der Waals surface area contributed by atoms with Gasteiger partial charge in [0.25, 0.3) is 5.91 Å². The highest BCUT2D eigenvalue weighted by Gasteiger charge is 2.12. The zero-order valence-electron chi connectivity index (χ0n) is 16.0. The molecule has 0 aromatic heterocycles. The van der Waals surface area contributed by atoms with Crippen molar-refractivity contribution < 1.29 is 14.3 Å². The number of carbonyl (C=O) groups is 1. The molecule has 0 saturated carbocycles. The van der Waals surface area contributed by atoms with Crippen molar-refractivity contribution in [3.63, 3.8) is 0 Å². The standard InChI is InChI=1S/C19H31N3O3.ClH/c1-15(2)14-25-17-6-5-16(13-18(17)24-3)19(23)21-7-4-10-22-11-8-20-9-12-22;/h5-6,13,15,20H,4,7-12,14H2,1-3H3,(H,21,23);1H. The molecule has 2 rings (SSSR count). The first-order chi connectivity index (χ1) is 12.1. The molecule has 1 aromatic rings. The third-order valence-electron chi connectivity index (χ3n) is 4.14. The molecule has 148 valence electrons. The molecule has 26 heavy (non-hydrogen) atoms. The number of halogens is 1. The third kappa shape index (κ3) is 7.40. The number of rotatable bonds is 9. The first-order valence-electron chi connectivity index (χ1n) is 9.12. The van der Waals surface area contributed by atoms with E-state index in [1.165, 1.54) is 0 Å². The van der Waals surface area contributed by atoms with Crippen LogP contribution in [0.4, 0.5) is 0 Å². The van der Waals surface area contributed by atoms with E-state index in [-0.39, 0.29) is 18.3 Å². The third-order valence-corrected chi connectivity index (χ3v) is 4.14. The number of hydrogen-bond donors (Lipinski definition) is 2. The number of methoxy groups -OCH3 is 1. The van der Waals surface area contributed by atoms with Gasteiger partial charge >= 0.3 is 0 Å². The average molecular weight is 386 g/mol. The van der Waals surface area contributed by atoms with Crippen LogP contribution in [-0.4, -0.2) is 63.8 Å². The van der Waals surface area contributed by atoms with Gasteiger partial charge in [-0.3, -0.25) is 4.79 Å². The highest BCUT2D eigenvalue weighted by Crippen LogP contribution is 2.28. The van der Waals surface area contributed by atoms with Crippen molar-refractivity contribution in [2.45, 2.75) is 20.3 Å². The Labute approximate surface area is 163 Å². The topological polar surface area (TPSA) is 62.8 Å². The highest BCUT2D eigenvalue weighted by molar-refractivity contribution is 5.94. The zero-order chi connectivity index (χ0) is 18.1. The highest BCUT2D eigenvalue weighted by atomic mass is 35.5. The van der Waals surface area contributed by atoms with Crippen molar-refractivity contribution in [1.82, 2.24) is 15.5 Å². The summed E-state index contributed by atoms with van der Waals surface area (Å²) in [4.78, 5) is 14.7. The molecular formula is C19H32ClN3O3. The first kappa shape index (κ1) is 22.5. The fourth-order valence-electron chi connectivity index (χ4n) is 2.73. The molecule has 1 heterocycles. The predicted octanol–water partition coefficient (Wildman–Crippen LogP) is 2.18. The summed E-state index contributed by atoms with van der Waals surface area (Å²) >= 11 is 0. The maximum atomic E-state index is 12.3. The Morgan fingerprint density at radius 2 is 2.00 bits per heavy atom. The Morgan fingerprint density at radius 3 is 2.65 bits per heavy atom. The van der Waals surface area contributed by atoms with Gasteiger partial charge in [-0.2, -0.15) is 0 Å². The van der Waals surface area contributed by atoms with Gasteiger partial charge in [0.15, 0.2) is 11.5 Å². The van der Waals surface area contributed by atoms with Gasteiger partial charge < -0.3 is 25.0 Å². The minimum Gasteiger partial charge on any atom is -0.493 e. The number of nitrogens with zero attached hydrogens (tertiary/aromatic N) is 1. The van der Waals surface area contributed by atoms with Crippen LogP contribution in [0.25, 0.3) is 0 Å². The minimum atomic E-state index is -0.0750. The molecule has 1 aromatic carbocycles. The number of amides is 1. The van der Waals surface area contributed by atoms with Crippen LogP contribution in [0.5, 0.6) is 11.5 Å². The fraction of sp³-hybridized carbons (Fsp3) is 0.632. The summed E-state index contributed by atoms with van der Waals surface area (Å²) in [7, 11) is 1.59. The smallest absolute Gasteiger partial charge is 0.251 e. The van der Waals surface area contributed by atoms with Gasteiger partial charge in [0, 0.05) is 38.3 Å². The fourth-order valence-corrected chi connectivity index (χ4v) is 2.73. The molecule has 0 aliphatic carbocycles. The van der Waals surface area contributed by atoms with Crippen LogP contribution >= 0.6 is 12.4 Å². The van der Waals surface area contributed by atoms with Gasteiger partial charge in [-0.15, -0.1) is 12.4 Å². The van der Waals surface area contributed by atoms with Crippen molar-refractivity contribution in [3.8, 4) is 11.5 Å². The van der Waals surface area contributed by atoms with E-state index in [4.69, 9.17) is 9.47 Å². The Kier molecular flexibility index (Phi) is 10.4. The molecule has 0 atom stereocenters. The summed E-state index contributed by atoms with van der Waals surface area (Å²) in [6, 6.07) is 5.32. The maximum Gasteiger partial charge on any atom is 0.251 e. The van der Waals surface area contributed by atoms with E-state index in [0.717, 1.165) is 39.1 Å². The molecule has 0 bridgehead atoms. The molecule has 1 saturated heterocycles. The lowest BCUT2D eigenvalue weighted by atomic mass is 10.2. The van der Waals surface area contributed by atoms with E-state index in [1.807, 2.05) is 0 Å². The second-order valence-corrected chi connectivity index (χ2v) is 6.77. The quantitative estimate of drug-likeness (QED) is 0.638. The van der Waals surface area contributed by atoms with Crippen molar-refractivity contribution in [2.24, 2.45) is 5.92 Å². The Bertz CT molecular complexity index is 549. The second kappa shape index (κ2) is 12.0. The number of hydrogen-bond acceptors (Lipinski definition) is 5. The van der Waals surface area contributed by atoms with Gasteiger partial charge in [-0.1, -0.05) is 13.8 Å². The average Bonchev–Trinajstić information content (AvgIpc) is 2.64. The van der Waals surface area contributed by atoms with Crippen LogP contribution in [0, 0.1) is 5.92 Å². The summed E-state index contributed by atoms with van der Waals surface area (Å²) in [6.45, 7) is 10.8. The van der Waals surface area contributed by atoms with Crippen LogP contribution in [-0.2, 0) is 0 Å². The number of carbonyl (C=O) groups excluding carboxylic acids is 1. The van der Waals surface area contributed by atoms with Crippen LogP contribution in [0.2, 0.25) is 0 Å². The van der Waals surface area contributed by atoms with Crippen molar-refractivity contribution in [2.75, 3.05) is 53.0 Å². The molecular weight excluding hydrogens is 354 g/mol. The summed E-state index contributed by atoms with van der Waals surface area (Å²) < 4.78 is 11.1. The Balaban J connectivity index is 0.00000338. The minimum absolute atomic E-state index is 0. The lowest BCUT2D eigenvalue weighted by Gasteiger charge is -2.27. The van der Waals surface area contributed by atoms with Gasteiger partial charge in [-0.05, 0) is 37.1 Å². The molecule has 0 unspecified atom stereocenters. The summed E-state index contributed by atoms with van der Waals surface area (Å²) in [5.41, 5.74) is 0.593. The maximum absolute atomic E-state index is 12.3. The van der Waals surface area contributed by atoms with E-state index < -0.39 is 0 Å². The molecule has 1 aliphatic rings. The monoisotopic (exact) mass is 385 g/mol. The van der Waals surface area contributed by atoms with Gasteiger partial charge in [-0.25, -0.2) is 0 Å². The number of benzene rings is 1. The SMILES string of the molecule is COc1cc(C(=O)NCCCN2CCNCC2)ccc1OCC(C)C.Cl. The molecule has 1 amide bonds. The number of piperazine rings is 1. The number of nitrogens with one attached hydrogen (secondary N) is 2. The van der Waals surface area contributed by atoms with Gasteiger partial charge in [0.2, 0.25) is 0 Å². The Hall–Kier alpha value is -1.50. The molecule has 1 fully saturated rings. The van der Waals surface area contributed by atoms with E-state index in [1.54, 1.807) is 25.3 Å². The van der Waals surface area contributed by atoms with E-state index in [9.17, 15) is 4.79 Å². The molecule has 1 aliphatic heterocycles. The second-order valence-electron chi connectivity index (χ2n) is 6.77. The van der Waals surface area contributed by atoms with E-state index >= 15 is 0 Å². The summed E-state index contributed by atoms with van der Waals surface area (Å²) in [5.74, 6) is 1.62. The lowest BCUT2D eigenvalue weighted by Crippen LogP contribution is -2.44. The normalized spacial score (nSPS) is 14.6. The molecule has 7 heteroatoms. The predicted molar refractivity (Wildman–Crippen MR) is 107 cm³/mol. The molecule has 2 N–H and O–H groups in total. The largest absolute Gasteiger partial charge is 0.493 e. The van der Waals surface area contributed by atoms with Crippen molar-refractivity contribution in [3.05, 3.63) is 23.8 Å². The molecule has 6 nitrogen and oxygen atoms in total. The van der Waals surface area contributed by atoms with Crippen LogP contribution in [0.3, 0.4) is 0 Å². The first-order valence-corrected chi connectivity index (χ1v) is 9.12. The van der Waals surface area contributed by atoms with E-state index in [2.05, 4.69) is 29.4 Å². The lowest BCUT2D eigenvalue weighted by molar-refractivity contribution is 0.0951. The molecule has 0 radical (unpaired) electrons. The number of ether oxygens (including phenoxy) is 2. The summed E-state index contributed by atoms with van der Waals surface area (Å²) in [5, 5.41) is 6.32. The van der Waals surface area contributed by atoms with Crippen LogP contribution < -0.4 is 20.1 Å². The van der Waals surface area contributed by atoms with E-state index in [0.29, 0.717) is 36.1 Å². The van der Waals surface area contributed by atoms with Gasteiger partial charge in [0.1, 0.15) is 0 Å².